The summed E-state index contributed by atoms with van der Waals surface area (Å²) in [6, 6.07) is 15.0. The maximum atomic E-state index is 12.3. The predicted octanol–water partition coefficient (Wildman–Crippen LogP) is 4.60. The number of hydrogen-bond acceptors (Lipinski definition) is 4. The van der Waals surface area contributed by atoms with Crippen molar-refractivity contribution in [3.05, 3.63) is 53.6 Å². The summed E-state index contributed by atoms with van der Waals surface area (Å²) in [6.45, 7) is 6.15. The fourth-order valence-corrected chi connectivity index (χ4v) is 4.93. The first-order valence-corrected chi connectivity index (χ1v) is 11.5. The largest absolute Gasteiger partial charge is 0.493 e. The lowest BCUT2D eigenvalue weighted by Crippen LogP contribution is -2.55. The fraction of sp³-hybridized carbons (Fsp3) is 0.500. The van der Waals surface area contributed by atoms with Crippen LogP contribution in [-0.2, 0) is 11.2 Å². The van der Waals surface area contributed by atoms with E-state index in [0.29, 0.717) is 0 Å². The van der Waals surface area contributed by atoms with E-state index in [2.05, 4.69) is 48.2 Å². The molecule has 1 amide bonds. The van der Waals surface area contributed by atoms with Crippen LogP contribution in [0.3, 0.4) is 0 Å². The molecule has 5 heteroatoms. The number of ether oxygens (including phenoxy) is 2. The molecule has 0 N–H and O–H groups in total. The van der Waals surface area contributed by atoms with Crippen LogP contribution < -0.4 is 14.4 Å². The smallest absolute Gasteiger partial charge is 0.219 e. The number of benzene rings is 2. The average molecular weight is 423 g/mol. The summed E-state index contributed by atoms with van der Waals surface area (Å²) in [5.74, 6) is 1.77. The lowest BCUT2D eigenvalue weighted by molar-refractivity contribution is -0.131. The Labute approximate surface area is 185 Å². The van der Waals surface area contributed by atoms with E-state index < -0.39 is 0 Å². The second-order valence-corrected chi connectivity index (χ2v) is 8.86. The number of carbonyl (C=O) groups excluding carboxylic acids is 1. The lowest BCUT2D eigenvalue weighted by Gasteiger charge is -2.42. The van der Waals surface area contributed by atoms with Gasteiger partial charge in [-0.3, -0.25) is 4.79 Å². The van der Waals surface area contributed by atoms with E-state index >= 15 is 0 Å². The molecule has 1 saturated heterocycles. The molecule has 0 bridgehead atoms. The van der Waals surface area contributed by atoms with Gasteiger partial charge in [0, 0.05) is 38.3 Å². The Balaban J connectivity index is 1.54. The number of carbonyl (C=O) groups is 1. The van der Waals surface area contributed by atoms with Crippen molar-refractivity contribution >= 4 is 11.6 Å². The summed E-state index contributed by atoms with van der Waals surface area (Å²) >= 11 is 0. The average Bonchev–Trinajstić information content (AvgIpc) is 3.26. The third-order valence-electron chi connectivity index (χ3n) is 6.55. The van der Waals surface area contributed by atoms with Crippen LogP contribution in [0, 0.1) is 6.92 Å². The zero-order valence-corrected chi connectivity index (χ0v) is 19.0. The van der Waals surface area contributed by atoms with E-state index in [4.69, 9.17) is 9.47 Å². The molecule has 5 nitrogen and oxygen atoms in total. The molecular formula is C26H34N2O3. The molecule has 1 aliphatic carbocycles. The van der Waals surface area contributed by atoms with Gasteiger partial charge in [0.25, 0.3) is 0 Å². The topological polar surface area (TPSA) is 42.0 Å². The maximum absolute atomic E-state index is 12.3. The van der Waals surface area contributed by atoms with Gasteiger partial charge in [-0.15, -0.1) is 0 Å². The quantitative estimate of drug-likeness (QED) is 0.682. The van der Waals surface area contributed by atoms with Gasteiger partial charge in [0.05, 0.1) is 19.3 Å². The minimum absolute atomic E-state index is 0.148. The van der Waals surface area contributed by atoms with Crippen molar-refractivity contribution < 1.29 is 14.3 Å². The van der Waals surface area contributed by atoms with Crippen LogP contribution in [0.15, 0.2) is 42.5 Å². The molecule has 1 atom stereocenters. The highest BCUT2D eigenvalue weighted by atomic mass is 16.5. The maximum Gasteiger partial charge on any atom is 0.219 e. The molecule has 0 spiro atoms. The van der Waals surface area contributed by atoms with Crippen LogP contribution in [0.25, 0.3) is 0 Å². The van der Waals surface area contributed by atoms with E-state index in [1.165, 1.54) is 24.0 Å². The second-order valence-electron chi connectivity index (χ2n) is 8.86. The van der Waals surface area contributed by atoms with Gasteiger partial charge in [0.15, 0.2) is 11.5 Å². The Morgan fingerprint density at radius 3 is 2.58 bits per heavy atom. The Morgan fingerprint density at radius 2 is 1.87 bits per heavy atom. The molecule has 31 heavy (non-hydrogen) atoms. The summed E-state index contributed by atoms with van der Waals surface area (Å²) in [6.07, 6.45) is 5.85. The SMILES string of the molecule is COc1ccc(N2CCN(C(C)=O)[C@@H](Cc3cccc(C)c3)C2)cc1OC1CCCC1. The number of hydrogen-bond donors (Lipinski definition) is 0. The van der Waals surface area contributed by atoms with E-state index in [1.807, 2.05) is 11.0 Å². The zero-order chi connectivity index (χ0) is 21.8. The highest BCUT2D eigenvalue weighted by Crippen LogP contribution is 2.35. The Bertz CT molecular complexity index is 907. The highest BCUT2D eigenvalue weighted by molar-refractivity contribution is 5.74. The minimum Gasteiger partial charge on any atom is -0.493 e. The third kappa shape index (κ3) is 5.15. The highest BCUT2D eigenvalue weighted by Gasteiger charge is 2.29. The molecular weight excluding hydrogens is 388 g/mol. The summed E-state index contributed by atoms with van der Waals surface area (Å²) in [7, 11) is 1.69. The monoisotopic (exact) mass is 422 g/mol. The molecule has 2 aromatic rings. The van der Waals surface area contributed by atoms with Crippen molar-refractivity contribution in [2.24, 2.45) is 0 Å². The number of anilines is 1. The van der Waals surface area contributed by atoms with Crippen molar-refractivity contribution in [1.29, 1.82) is 0 Å². The van der Waals surface area contributed by atoms with Crippen LogP contribution in [0.1, 0.15) is 43.7 Å². The fourth-order valence-electron chi connectivity index (χ4n) is 4.93. The lowest BCUT2D eigenvalue weighted by atomic mass is 10.00. The van der Waals surface area contributed by atoms with Gasteiger partial charge < -0.3 is 19.3 Å². The van der Waals surface area contributed by atoms with Crippen molar-refractivity contribution in [3.63, 3.8) is 0 Å². The summed E-state index contributed by atoms with van der Waals surface area (Å²) in [5, 5.41) is 0. The zero-order valence-electron chi connectivity index (χ0n) is 19.0. The van der Waals surface area contributed by atoms with E-state index in [0.717, 1.165) is 56.1 Å². The molecule has 0 aromatic heterocycles. The Kier molecular flexibility index (Phi) is 6.69. The predicted molar refractivity (Wildman–Crippen MR) is 124 cm³/mol. The number of aryl methyl sites for hydroxylation is 1. The van der Waals surface area contributed by atoms with E-state index in [1.54, 1.807) is 14.0 Å². The van der Waals surface area contributed by atoms with Gasteiger partial charge >= 0.3 is 0 Å². The minimum atomic E-state index is 0.148. The molecule has 0 radical (unpaired) electrons. The molecule has 0 unspecified atom stereocenters. The summed E-state index contributed by atoms with van der Waals surface area (Å²) < 4.78 is 11.9. The molecule has 1 saturated carbocycles. The van der Waals surface area contributed by atoms with Crippen molar-refractivity contribution in [2.75, 3.05) is 31.6 Å². The van der Waals surface area contributed by atoms with Gasteiger partial charge in [-0.05, 0) is 56.7 Å². The standard InChI is InChI=1S/C26H34N2O3/c1-19-7-6-8-21(15-19)16-23-18-27(13-14-28(23)20(2)29)22-11-12-25(30-3)26(17-22)31-24-9-4-5-10-24/h6-8,11-12,15,17,23-24H,4-5,9-10,13-14,16,18H2,1-3H3/t23-/m0/s1. The van der Waals surface area contributed by atoms with Gasteiger partial charge in [-0.1, -0.05) is 29.8 Å². The van der Waals surface area contributed by atoms with Crippen LogP contribution in [0.5, 0.6) is 11.5 Å². The summed E-state index contributed by atoms with van der Waals surface area (Å²) in [4.78, 5) is 16.7. The molecule has 166 valence electrons. The molecule has 2 aliphatic rings. The van der Waals surface area contributed by atoms with Gasteiger partial charge in [-0.25, -0.2) is 0 Å². The molecule has 1 heterocycles. The first-order valence-electron chi connectivity index (χ1n) is 11.5. The van der Waals surface area contributed by atoms with Crippen LogP contribution in [0.2, 0.25) is 0 Å². The summed E-state index contributed by atoms with van der Waals surface area (Å²) in [5.41, 5.74) is 3.66. The Hall–Kier alpha value is -2.69. The molecule has 2 aromatic carbocycles. The molecule has 1 aliphatic heterocycles. The van der Waals surface area contributed by atoms with E-state index in [9.17, 15) is 4.79 Å². The van der Waals surface area contributed by atoms with Gasteiger partial charge in [0.2, 0.25) is 5.91 Å². The van der Waals surface area contributed by atoms with Gasteiger partial charge in [0.1, 0.15) is 0 Å². The Morgan fingerprint density at radius 1 is 1.06 bits per heavy atom. The van der Waals surface area contributed by atoms with Crippen LogP contribution in [0.4, 0.5) is 5.69 Å². The number of nitrogens with zero attached hydrogens (tertiary/aromatic N) is 2. The van der Waals surface area contributed by atoms with E-state index in [-0.39, 0.29) is 18.1 Å². The van der Waals surface area contributed by atoms with Crippen molar-refractivity contribution in [3.8, 4) is 11.5 Å². The number of amides is 1. The first kappa shape index (κ1) is 21.5. The van der Waals surface area contributed by atoms with Crippen LogP contribution in [-0.4, -0.2) is 49.7 Å². The van der Waals surface area contributed by atoms with Crippen molar-refractivity contribution in [1.82, 2.24) is 4.90 Å². The van der Waals surface area contributed by atoms with Crippen LogP contribution >= 0.6 is 0 Å². The normalized spacial score (nSPS) is 19.5. The second kappa shape index (κ2) is 9.63. The first-order chi connectivity index (χ1) is 15.0. The third-order valence-corrected chi connectivity index (χ3v) is 6.55. The molecule has 4 rings (SSSR count). The van der Waals surface area contributed by atoms with Gasteiger partial charge in [-0.2, -0.15) is 0 Å². The van der Waals surface area contributed by atoms with Crippen molar-refractivity contribution in [2.45, 2.75) is 58.1 Å². The molecule has 2 fully saturated rings. The number of piperazine rings is 1. The number of methoxy groups -OCH3 is 1. The number of rotatable bonds is 6.